The van der Waals surface area contributed by atoms with Crippen molar-refractivity contribution in [2.24, 2.45) is 0 Å². The second-order valence-corrected chi connectivity index (χ2v) is 6.28. The third-order valence-corrected chi connectivity index (χ3v) is 5.04. The Bertz CT molecular complexity index is 408. The van der Waals surface area contributed by atoms with Gasteiger partial charge in [0.1, 0.15) is 0 Å². The molecule has 1 aromatic heterocycles. The highest BCUT2D eigenvalue weighted by molar-refractivity contribution is 7.15. The van der Waals surface area contributed by atoms with Crippen molar-refractivity contribution in [2.75, 3.05) is 25.1 Å². The van der Waals surface area contributed by atoms with Gasteiger partial charge in [-0.05, 0) is 25.2 Å². The van der Waals surface area contributed by atoms with E-state index < -0.39 is 0 Å². The second kappa shape index (κ2) is 6.68. The van der Waals surface area contributed by atoms with Crippen LogP contribution in [0.5, 0.6) is 0 Å². The molecule has 1 N–H and O–H groups in total. The Morgan fingerprint density at radius 3 is 3.00 bits per heavy atom. The maximum absolute atomic E-state index is 9.50. The van der Waals surface area contributed by atoms with Crippen molar-refractivity contribution in [3.8, 4) is 0 Å². The van der Waals surface area contributed by atoms with Crippen molar-refractivity contribution in [1.82, 2.24) is 4.98 Å². The molecule has 0 amide bonds. The third kappa shape index (κ3) is 3.27. The SMILES string of the molecule is CCC(C)c1nc(N2CCCC(OC)C2)sc1CO. The zero-order valence-electron chi connectivity index (χ0n) is 12.1. The molecule has 2 heterocycles. The van der Waals surface area contributed by atoms with Crippen LogP contribution in [0.3, 0.4) is 0 Å². The third-order valence-electron chi connectivity index (χ3n) is 3.92. The van der Waals surface area contributed by atoms with Crippen LogP contribution in [0.15, 0.2) is 0 Å². The van der Waals surface area contributed by atoms with Gasteiger partial charge >= 0.3 is 0 Å². The number of thiazole rings is 1. The Kier molecular flexibility index (Phi) is 5.19. The smallest absolute Gasteiger partial charge is 0.185 e. The van der Waals surface area contributed by atoms with E-state index in [9.17, 15) is 5.11 Å². The van der Waals surface area contributed by atoms with Gasteiger partial charge in [0, 0.05) is 20.2 Å². The minimum Gasteiger partial charge on any atom is -0.391 e. The van der Waals surface area contributed by atoms with Crippen LogP contribution in [0, 0.1) is 0 Å². The molecule has 2 unspecified atom stereocenters. The molecule has 1 fully saturated rings. The summed E-state index contributed by atoms with van der Waals surface area (Å²) < 4.78 is 5.46. The summed E-state index contributed by atoms with van der Waals surface area (Å²) in [5, 5.41) is 10.5. The summed E-state index contributed by atoms with van der Waals surface area (Å²) in [7, 11) is 1.78. The minimum atomic E-state index is 0.0961. The average molecular weight is 284 g/mol. The molecule has 19 heavy (non-hydrogen) atoms. The number of rotatable bonds is 5. The predicted molar refractivity (Wildman–Crippen MR) is 79.0 cm³/mol. The van der Waals surface area contributed by atoms with Crippen molar-refractivity contribution in [1.29, 1.82) is 0 Å². The number of nitrogens with zero attached hydrogens (tertiary/aromatic N) is 2. The number of aromatic nitrogens is 1. The van der Waals surface area contributed by atoms with E-state index in [2.05, 4.69) is 18.7 Å². The molecule has 0 bridgehead atoms. The summed E-state index contributed by atoms with van der Waals surface area (Å²) in [6, 6.07) is 0. The summed E-state index contributed by atoms with van der Waals surface area (Å²) in [6.45, 7) is 6.38. The molecule has 0 aromatic carbocycles. The minimum absolute atomic E-state index is 0.0961. The lowest BCUT2D eigenvalue weighted by atomic mass is 10.0. The Morgan fingerprint density at radius 2 is 2.37 bits per heavy atom. The first-order chi connectivity index (χ1) is 9.19. The van der Waals surface area contributed by atoms with Crippen LogP contribution in [-0.2, 0) is 11.3 Å². The molecule has 2 atom stereocenters. The molecule has 1 aromatic rings. The van der Waals surface area contributed by atoms with E-state index >= 15 is 0 Å². The van der Waals surface area contributed by atoms with E-state index in [4.69, 9.17) is 9.72 Å². The Hall–Kier alpha value is -0.650. The van der Waals surface area contributed by atoms with Gasteiger partial charge in [-0.15, -0.1) is 0 Å². The van der Waals surface area contributed by atoms with E-state index in [0.717, 1.165) is 48.1 Å². The fourth-order valence-electron chi connectivity index (χ4n) is 2.48. The van der Waals surface area contributed by atoms with E-state index in [0.29, 0.717) is 12.0 Å². The van der Waals surface area contributed by atoms with Crippen LogP contribution in [0.4, 0.5) is 5.13 Å². The summed E-state index contributed by atoms with van der Waals surface area (Å²) >= 11 is 1.63. The summed E-state index contributed by atoms with van der Waals surface area (Å²) in [5.74, 6) is 0.412. The van der Waals surface area contributed by atoms with Crippen molar-refractivity contribution in [2.45, 2.75) is 51.7 Å². The van der Waals surface area contributed by atoms with Gasteiger partial charge in [0.2, 0.25) is 0 Å². The summed E-state index contributed by atoms with van der Waals surface area (Å²) in [5.41, 5.74) is 1.07. The molecule has 0 aliphatic carbocycles. The molecule has 0 radical (unpaired) electrons. The number of piperidine rings is 1. The van der Waals surface area contributed by atoms with Gasteiger partial charge in [0.15, 0.2) is 5.13 Å². The molecule has 4 nitrogen and oxygen atoms in total. The van der Waals surface area contributed by atoms with Crippen LogP contribution >= 0.6 is 11.3 Å². The van der Waals surface area contributed by atoms with Gasteiger partial charge in [0.05, 0.1) is 23.3 Å². The quantitative estimate of drug-likeness (QED) is 0.903. The maximum atomic E-state index is 9.50. The number of hydrogen-bond acceptors (Lipinski definition) is 5. The van der Waals surface area contributed by atoms with E-state index in [1.807, 2.05) is 0 Å². The van der Waals surface area contributed by atoms with Crippen LogP contribution < -0.4 is 4.90 Å². The highest BCUT2D eigenvalue weighted by atomic mass is 32.1. The van der Waals surface area contributed by atoms with E-state index in [-0.39, 0.29) is 6.61 Å². The molecule has 108 valence electrons. The monoisotopic (exact) mass is 284 g/mol. The Morgan fingerprint density at radius 1 is 1.58 bits per heavy atom. The number of hydrogen-bond donors (Lipinski definition) is 1. The lowest BCUT2D eigenvalue weighted by Crippen LogP contribution is -2.39. The second-order valence-electron chi connectivity index (χ2n) is 5.22. The lowest BCUT2D eigenvalue weighted by Gasteiger charge is -2.31. The predicted octanol–water partition coefficient (Wildman–Crippen LogP) is 2.76. The first-order valence-corrected chi connectivity index (χ1v) is 7.89. The standard InChI is InChI=1S/C14H24N2O2S/c1-4-10(2)13-12(9-17)19-14(15-13)16-7-5-6-11(8-16)18-3/h10-11,17H,4-9H2,1-3H3. The van der Waals surface area contributed by atoms with Crippen molar-refractivity contribution >= 4 is 16.5 Å². The largest absolute Gasteiger partial charge is 0.391 e. The number of ether oxygens (including phenoxy) is 1. The zero-order chi connectivity index (χ0) is 13.8. The lowest BCUT2D eigenvalue weighted by molar-refractivity contribution is 0.0893. The van der Waals surface area contributed by atoms with Crippen LogP contribution in [0.1, 0.15) is 49.6 Å². The highest BCUT2D eigenvalue weighted by Crippen LogP contribution is 2.33. The summed E-state index contributed by atoms with van der Waals surface area (Å²) in [6.07, 6.45) is 3.63. The first kappa shape index (κ1) is 14.8. The van der Waals surface area contributed by atoms with Gasteiger partial charge < -0.3 is 14.7 Å². The molecule has 1 saturated heterocycles. The zero-order valence-corrected chi connectivity index (χ0v) is 12.9. The van der Waals surface area contributed by atoms with Crippen LogP contribution in [-0.4, -0.2) is 36.4 Å². The number of methoxy groups -OCH3 is 1. The van der Waals surface area contributed by atoms with Gasteiger partial charge in [-0.2, -0.15) is 0 Å². The average Bonchev–Trinajstić information content (AvgIpc) is 2.90. The topological polar surface area (TPSA) is 45.6 Å². The van der Waals surface area contributed by atoms with Gasteiger partial charge in [-0.3, -0.25) is 0 Å². The Balaban J connectivity index is 2.18. The molecular weight excluding hydrogens is 260 g/mol. The molecule has 1 aliphatic heterocycles. The maximum Gasteiger partial charge on any atom is 0.185 e. The number of aliphatic hydroxyl groups is 1. The first-order valence-electron chi connectivity index (χ1n) is 7.07. The Labute approximate surface area is 119 Å². The van der Waals surface area contributed by atoms with Gasteiger partial charge in [-0.1, -0.05) is 25.2 Å². The van der Waals surface area contributed by atoms with E-state index in [1.54, 1.807) is 18.4 Å². The van der Waals surface area contributed by atoms with Crippen molar-refractivity contribution in [3.63, 3.8) is 0 Å². The molecule has 1 aliphatic rings. The molecular formula is C14H24N2O2S. The van der Waals surface area contributed by atoms with Crippen molar-refractivity contribution < 1.29 is 9.84 Å². The molecule has 0 saturated carbocycles. The van der Waals surface area contributed by atoms with Crippen molar-refractivity contribution in [3.05, 3.63) is 10.6 Å². The fourth-order valence-corrected chi connectivity index (χ4v) is 3.56. The normalized spacial score (nSPS) is 21.7. The number of anilines is 1. The van der Waals surface area contributed by atoms with Crippen LogP contribution in [0.2, 0.25) is 0 Å². The summed E-state index contributed by atoms with van der Waals surface area (Å²) in [4.78, 5) is 8.09. The number of aliphatic hydroxyl groups excluding tert-OH is 1. The molecule has 2 rings (SSSR count). The van der Waals surface area contributed by atoms with E-state index in [1.165, 1.54) is 0 Å². The van der Waals surface area contributed by atoms with Crippen LogP contribution in [0.25, 0.3) is 0 Å². The fraction of sp³-hybridized carbons (Fsp3) is 0.786. The van der Waals surface area contributed by atoms with Gasteiger partial charge in [-0.25, -0.2) is 4.98 Å². The highest BCUT2D eigenvalue weighted by Gasteiger charge is 2.24. The molecule has 5 heteroatoms. The van der Waals surface area contributed by atoms with Gasteiger partial charge in [0.25, 0.3) is 0 Å². The molecule has 0 spiro atoms.